The molecule has 20 heavy (non-hydrogen) atoms. The Morgan fingerprint density at radius 3 is 2.30 bits per heavy atom. The van der Waals surface area contributed by atoms with Crippen LogP contribution < -0.4 is 5.32 Å². The Balaban J connectivity index is 2.23. The van der Waals surface area contributed by atoms with E-state index in [9.17, 15) is 5.11 Å². The molecule has 1 rings (SSSR count). The smallest absolute Gasteiger partial charge is 0.0610 e. The van der Waals surface area contributed by atoms with Gasteiger partial charge in [-0.15, -0.1) is 0 Å². The lowest BCUT2D eigenvalue weighted by Crippen LogP contribution is -2.47. The van der Waals surface area contributed by atoms with Crippen LogP contribution in [0.15, 0.2) is 0 Å². The number of aliphatic hydroxyl groups excluding tert-OH is 1. The highest BCUT2D eigenvalue weighted by Gasteiger charge is 2.31. The van der Waals surface area contributed by atoms with E-state index in [2.05, 4.69) is 44.8 Å². The Labute approximate surface area is 126 Å². The van der Waals surface area contributed by atoms with E-state index in [4.69, 9.17) is 0 Å². The third-order valence-corrected chi connectivity index (χ3v) is 4.23. The third-order valence-electron chi connectivity index (χ3n) is 4.23. The topological polar surface area (TPSA) is 35.5 Å². The predicted octanol–water partition coefficient (Wildman–Crippen LogP) is 3.03. The van der Waals surface area contributed by atoms with Crippen LogP contribution in [-0.4, -0.2) is 47.3 Å². The summed E-state index contributed by atoms with van der Waals surface area (Å²) in [5.74, 6) is 0.733. The summed E-state index contributed by atoms with van der Waals surface area (Å²) in [6, 6.07) is 1.30. The first kappa shape index (κ1) is 17.9. The van der Waals surface area contributed by atoms with Crippen LogP contribution in [0, 0.1) is 5.92 Å². The molecule has 3 heteroatoms. The molecule has 0 aromatic heterocycles. The first-order valence-electron chi connectivity index (χ1n) is 8.49. The molecule has 2 N–H and O–H groups in total. The zero-order valence-corrected chi connectivity index (χ0v) is 14.3. The minimum absolute atomic E-state index is 0.0676. The van der Waals surface area contributed by atoms with Crippen LogP contribution in [0.2, 0.25) is 0 Å². The number of nitrogens with zero attached hydrogens (tertiary/aromatic N) is 1. The van der Waals surface area contributed by atoms with Gasteiger partial charge in [0.25, 0.3) is 0 Å². The van der Waals surface area contributed by atoms with Crippen molar-refractivity contribution in [3.63, 3.8) is 0 Å². The van der Waals surface area contributed by atoms with Gasteiger partial charge in [-0.2, -0.15) is 0 Å². The molecule has 0 aromatic carbocycles. The van der Waals surface area contributed by atoms with Crippen molar-refractivity contribution in [2.75, 3.05) is 19.7 Å². The van der Waals surface area contributed by atoms with Gasteiger partial charge in [-0.1, -0.05) is 20.3 Å². The number of unbranched alkanes of at least 4 members (excludes halogenated alkanes) is 1. The van der Waals surface area contributed by atoms with E-state index in [1.54, 1.807) is 0 Å². The molecule has 1 saturated carbocycles. The van der Waals surface area contributed by atoms with Crippen LogP contribution in [0.3, 0.4) is 0 Å². The minimum atomic E-state index is -0.0676. The van der Waals surface area contributed by atoms with Gasteiger partial charge in [0, 0.05) is 24.2 Å². The SMILES string of the molecule is CC(C)CN(CCCCC(C)(CO)NC1CC1)C(C)C. The van der Waals surface area contributed by atoms with Gasteiger partial charge in [0.15, 0.2) is 0 Å². The molecule has 1 atom stereocenters. The third kappa shape index (κ3) is 7.05. The molecule has 3 nitrogen and oxygen atoms in total. The van der Waals surface area contributed by atoms with Crippen LogP contribution in [0.1, 0.15) is 66.7 Å². The largest absolute Gasteiger partial charge is 0.394 e. The van der Waals surface area contributed by atoms with Crippen molar-refractivity contribution >= 4 is 0 Å². The summed E-state index contributed by atoms with van der Waals surface area (Å²) in [5.41, 5.74) is -0.0676. The summed E-state index contributed by atoms with van der Waals surface area (Å²) in [6.07, 6.45) is 6.06. The second-order valence-corrected chi connectivity index (χ2v) is 7.58. The Morgan fingerprint density at radius 1 is 1.20 bits per heavy atom. The molecule has 0 amide bonds. The van der Waals surface area contributed by atoms with Gasteiger partial charge in [0.05, 0.1) is 6.61 Å². The van der Waals surface area contributed by atoms with Gasteiger partial charge < -0.3 is 15.3 Å². The molecule has 1 fully saturated rings. The molecule has 1 aliphatic carbocycles. The van der Waals surface area contributed by atoms with Crippen molar-refractivity contribution in [1.82, 2.24) is 10.2 Å². The molecule has 0 spiro atoms. The van der Waals surface area contributed by atoms with Crippen molar-refractivity contribution in [1.29, 1.82) is 0 Å². The Bertz CT molecular complexity index is 264. The van der Waals surface area contributed by atoms with E-state index in [-0.39, 0.29) is 12.1 Å². The summed E-state index contributed by atoms with van der Waals surface area (Å²) in [7, 11) is 0. The summed E-state index contributed by atoms with van der Waals surface area (Å²) in [5, 5.41) is 13.2. The number of rotatable bonds is 11. The fourth-order valence-corrected chi connectivity index (χ4v) is 2.78. The quantitative estimate of drug-likeness (QED) is 0.573. The van der Waals surface area contributed by atoms with Crippen molar-refractivity contribution in [3.8, 4) is 0 Å². The van der Waals surface area contributed by atoms with E-state index in [0.29, 0.717) is 12.1 Å². The molecule has 0 saturated heterocycles. The monoisotopic (exact) mass is 284 g/mol. The molecule has 0 aromatic rings. The first-order valence-corrected chi connectivity index (χ1v) is 8.49. The molecular formula is C17H36N2O. The number of nitrogens with one attached hydrogen (secondary N) is 1. The molecule has 1 aliphatic rings. The van der Waals surface area contributed by atoms with E-state index >= 15 is 0 Å². The average Bonchev–Trinajstić information content (AvgIpc) is 3.16. The maximum absolute atomic E-state index is 9.60. The van der Waals surface area contributed by atoms with Crippen LogP contribution in [0.25, 0.3) is 0 Å². The molecule has 1 unspecified atom stereocenters. The average molecular weight is 284 g/mol. The van der Waals surface area contributed by atoms with Gasteiger partial charge >= 0.3 is 0 Å². The van der Waals surface area contributed by atoms with Gasteiger partial charge in [0.2, 0.25) is 0 Å². The zero-order valence-electron chi connectivity index (χ0n) is 14.3. The molecule has 0 radical (unpaired) electrons. The lowest BCUT2D eigenvalue weighted by molar-refractivity contribution is 0.154. The highest BCUT2D eigenvalue weighted by atomic mass is 16.3. The normalized spacial score (nSPS) is 19.1. The summed E-state index contributed by atoms with van der Waals surface area (Å²) < 4.78 is 0. The number of hydrogen-bond donors (Lipinski definition) is 2. The fraction of sp³-hybridized carbons (Fsp3) is 1.00. The predicted molar refractivity (Wildman–Crippen MR) is 87.0 cm³/mol. The van der Waals surface area contributed by atoms with E-state index in [1.807, 2.05) is 0 Å². The van der Waals surface area contributed by atoms with E-state index in [0.717, 1.165) is 12.3 Å². The molecule has 0 bridgehead atoms. The van der Waals surface area contributed by atoms with E-state index in [1.165, 1.54) is 38.8 Å². The minimum Gasteiger partial charge on any atom is -0.394 e. The van der Waals surface area contributed by atoms with E-state index < -0.39 is 0 Å². The van der Waals surface area contributed by atoms with Crippen LogP contribution in [0.4, 0.5) is 0 Å². The Morgan fingerprint density at radius 2 is 1.85 bits per heavy atom. The number of hydrogen-bond acceptors (Lipinski definition) is 3. The molecule has 120 valence electrons. The van der Waals surface area contributed by atoms with Gasteiger partial charge in [0.1, 0.15) is 0 Å². The fourth-order valence-electron chi connectivity index (χ4n) is 2.78. The standard InChI is InChI=1S/C17H36N2O/c1-14(2)12-19(15(3)4)11-7-6-10-17(5,13-20)18-16-8-9-16/h14-16,18,20H,6-13H2,1-5H3. The van der Waals surface area contributed by atoms with Gasteiger partial charge in [-0.3, -0.25) is 0 Å². The molecule has 0 aliphatic heterocycles. The van der Waals surface area contributed by atoms with Crippen molar-refractivity contribution < 1.29 is 5.11 Å². The second kappa shape index (κ2) is 8.35. The van der Waals surface area contributed by atoms with Crippen molar-refractivity contribution in [2.24, 2.45) is 5.92 Å². The zero-order chi connectivity index (χ0) is 15.2. The highest BCUT2D eigenvalue weighted by molar-refractivity contribution is 4.92. The summed E-state index contributed by atoms with van der Waals surface area (Å²) >= 11 is 0. The van der Waals surface area contributed by atoms with Gasteiger partial charge in [-0.05, 0) is 58.9 Å². The molecular weight excluding hydrogens is 248 g/mol. The Kier molecular flexibility index (Phi) is 7.49. The highest BCUT2D eigenvalue weighted by Crippen LogP contribution is 2.25. The molecule has 0 heterocycles. The maximum atomic E-state index is 9.60. The van der Waals surface area contributed by atoms with Crippen LogP contribution in [0.5, 0.6) is 0 Å². The summed E-state index contributed by atoms with van der Waals surface area (Å²) in [4.78, 5) is 2.58. The van der Waals surface area contributed by atoms with Crippen molar-refractivity contribution in [2.45, 2.75) is 84.3 Å². The first-order chi connectivity index (χ1) is 9.36. The van der Waals surface area contributed by atoms with Gasteiger partial charge in [-0.25, -0.2) is 0 Å². The lowest BCUT2D eigenvalue weighted by atomic mass is 9.95. The maximum Gasteiger partial charge on any atom is 0.0610 e. The lowest BCUT2D eigenvalue weighted by Gasteiger charge is -2.31. The van der Waals surface area contributed by atoms with Crippen molar-refractivity contribution in [3.05, 3.63) is 0 Å². The number of aliphatic hydroxyl groups is 1. The van der Waals surface area contributed by atoms with Crippen LogP contribution >= 0.6 is 0 Å². The second-order valence-electron chi connectivity index (χ2n) is 7.58. The summed E-state index contributed by atoms with van der Waals surface area (Å²) in [6.45, 7) is 13.9. The Hall–Kier alpha value is -0.120. The van der Waals surface area contributed by atoms with Crippen LogP contribution in [-0.2, 0) is 0 Å².